The molecule has 0 spiro atoms. The molecule has 134 valence electrons. The van der Waals surface area contributed by atoms with Crippen molar-refractivity contribution in [2.75, 3.05) is 32.0 Å². The van der Waals surface area contributed by atoms with E-state index in [4.69, 9.17) is 0 Å². The maximum Gasteiger partial charge on any atom is 0.225 e. The van der Waals surface area contributed by atoms with Gasteiger partial charge >= 0.3 is 0 Å². The van der Waals surface area contributed by atoms with Gasteiger partial charge in [-0.3, -0.25) is 9.69 Å². The topological polar surface area (TPSA) is 73.1 Å². The predicted molar refractivity (Wildman–Crippen MR) is 99.5 cm³/mol. The minimum Gasteiger partial charge on any atom is -0.357 e. The number of pyridine rings is 1. The molecule has 6 heteroatoms. The fourth-order valence-electron chi connectivity index (χ4n) is 3.91. The number of aromatic amines is 1. The summed E-state index contributed by atoms with van der Waals surface area (Å²) in [5.74, 6) is 1.45. The monoisotopic (exact) mass is 341 g/mol. The Kier molecular flexibility index (Phi) is 4.72. The molecule has 6 nitrogen and oxygen atoms in total. The van der Waals surface area contributed by atoms with Crippen LogP contribution in [-0.4, -0.2) is 47.5 Å². The van der Waals surface area contributed by atoms with Crippen molar-refractivity contribution in [2.24, 2.45) is 5.92 Å². The van der Waals surface area contributed by atoms with E-state index < -0.39 is 0 Å². The van der Waals surface area contributed by atoms with Crippen molar-refractivity contribution in [3.63, 3.8) is 0 Å². The summed E-state index contributed by atoms with van der Waals surface area (Å²) in [6.07, 6.45) is 6.92. The van der Waals surface area contributed by atoms with Crippen LogP contribution in [0.1, 0.15) is 43.8 Å². The largest absolute Gasteiger partial charge is 0.357 e. The summed E-state index contributed by atoms with van der Waals surface area (Å²) in [5, 5.41) is 7.30. The maximum atomic E-state index is 12.1. The molecular formula is C19H27N5O. The van der Waals surface area contributed by atoms with Gasteiger partial charge in [-0.05, 0) is 64.3 Å². The molecule has 0 bridgehead atoms. The summed E-state index contributed by atoms with van der Waals surface area (Å²) in [6, 6.07) is 4.60. The van der Waals surface area contributed by atoms with E-state index in [1.54, 1.807) is 0 Å². The number of amides is 1. The molecule has 2 fully saturated rings. The van der Waals surface area contributed by atoms with Gasteiger partial charge in [-0.25, -0.2) is 4.98 Å². The van der Waals surface area contributed by atoms with Crippen LogP contribution in [0.15, 0.2) is 18.3 Å². The highest BCUT2D eigenvalue weighted by molar-refractivity contribution is 5.92. The van der Waals surface area contributed by atoms with E-state index in [2.05, 4.69) is 38.6 Å². The highest BCUT2D eigenvalue weighted by atomic mass is 16.1. The number of nitrogens with zero attached hydrogens (tertiary/aromatic N) is 2. The number of anilines is 1. The van der Waals surface area contributed by atoms with Crippen LogP contribution in [0.3, 0.4) is 0 Å². The van der Waals surface area contributed by atoms with Crippen LogP contribution in [0.25, 0.3) is 10.9 Å². The van der Waals surface area contributed by atoms with Gasteiger partial charge in [0.25, 0.3) is 0 Å². The van der Waals surface area contributed by atoms with Crippen molar-refractivity contribution >= 4 is 22.6 Å². The van der Waals surface area contributed by atoms with E-state index in [0.29, 0.717) is 18.3 Å². The highest BCUT2D eigenvalue weighted by Crippen LogP contribution is 2.32. The van der Waals surface area contributed by atoms with Gasteiger partial charge in [0.05, 0.1) is 5.52 Å². The Morgan fingerprint density at radius 2 is 2.28 bits per heavy atom. The molecule has 1 atom stereocenters. The lowest BCUT2D eigenvalue weighted by atomic mass is 9.96. The van der Waals surface area contributed by atoms with E-state index >= 15 is 0 Å². The predicted octanol–water partition coefficient (Wildman–Crippen LogP) is 2.66. The second kappa shape index (κ2) is 7.14. The number of hydrogen-bond donors (Lipinski definition) is 3. The molecule has 0 unspecified atom stereocenters. The van der Waals surface area contributed by atoms with Crippen molar-refractivity contribution < 1.29 is 4.79 Å². The first-order chi connectivity index (χ1) is 12.2. The Labute approximate surface area is 148 Å². The van der Waals surface area contributed by atoms with Crippen molar-refractivity contribution in [3.8, 4) is 0 Å². The smallest absolute Gasteiger partial charge is 0.225 e. The molecule has 2 saturated heterocycles. The first kappa shape index (κ1) is 16.5. The van der Waals surface area contributed by atoms with E-state index in [1.807, 2.05) is 12.3 Å². The highest BCUT2D eigenvalue weighted by Gasteiger charge is 2.24. The van der Waals surface area contributed by atoms with Crippen molar-refractivity contribution in [3.05, 3.63) is 24.0 Å². The Hall–Kier alpha value is -1.92. The fraction of sp³-hybridized carbons (Fsp3) is 0.579. The van der Waals surface area contributed by atoms with Gasteiger partial charge in [0.15, 0.2) is 0 Å². The third-order valence-electron chi connectivity index (χ3n) is 5.55. The molecule has 4 rings (SSSR count). The Morgan fingerprint density at radius 1 is 1.40 bits per heavy atom. The minimum atomic E-state index is 0.0569. The Morgan fingerprint density at radius 3 is 3.00 bits per heavy atom. The number of likely N-dealkylation sites (tertiary alicyclic amines) is 1. The molecule has 1 amide bonds. The number of nitrogens with one attached hydrogen (secondary N) is 3. The summed E-state index contributed by atoms with van der Waals surface area (Å²) in [6.45, 7) is 3.35. The molecule has 25 heavy (non-hydrogen) atoms. The van der Waals surface area contributed by atoms with Gasteiger partial charge in [-0.2, -0.15) is 0 Å². The zero-order valence-corrected chi connectivity index (χ0v) is 14.8. The lowest BCUT2D eigenvalue weighted by Crippen LogP contribution is -2.41. The maximum absolute atomic E-state index is 12.1. The summed E-state index contributed by atoms with van der Waals surface area (Å²) in [4.78, 5) is 22.4. The average Bonchev–Trinajstić information content (AvgIpc) is 3.14. The molecule has 0 radical (unpaired) electrons. The summed E-state index contributed by atoms with van der Waals surface area (Å²) >= 11 is 0. The van der Waals surface area contributed by atoms with Crippen molar-refractivity contribution in [1.82, 2.24) is 20.2 Å². The first-order valence-corrected chi connectivity index (χ1v) is 9.38. The van der Waals surface area contributed by atoms with Crippen LogP contribution < -0.4 is 10.6 Å². The molecule has 4 heterocycles. The van der Waals surface area contributed by atoms with E-state index in [0.717, 1.165) is 49.3 Å². The standard InChI is InChI=1S/C19H27N5O/c1-24-7-3-5-17(24)16-8-14-12-21-18(9-15(14)22-16)23-19(25)6-2-4-13-10-20-11-13/h8-9,12-13,17,20,22H,2-7,10-11H2,1H3,(H,21,23,25)/t17-/m1/s1. The second-order valence-corrected chi connectivity index (χ2v) is 7.48. The minimum absolute atomic E-state index is 0.0569. The number of carbonyl (C=O) groups excluding carboxylic acids is 1. The van der Waals surface area contributed by atoms with E-state index in [1.165, 1.54) is 18.5 Å². The van der Waals surface area contributed by atoms with Gasteiger partial charge in [0.2, 0.25) is 5.91 Å². The lowest BCUT2D eigenvalue weighted by molar-refractivity contribution is -0.116. The fourth-order valence-corrected chi connectivity index (χ4v) is 3.91. The number of hydrogen-bond acceptors (Lipinski definition) is 4. The summed E-state index contributed by atoms with van der Waals surface area (Å²) in [7, 11) is 2.17. The van der Waals surface area contributed by atoms with Gasteiger partial charge in [0, 0.05) is 35.8 Å². The first-order valence-electron chi connectivity index (χ1n) is 9.38. The average molecular weight is 341 g/mol. The van der Waals surface area contributed by atoms with Crippen LogP contribution in [0.5, 0.6) is 0 Å². The van der Waals surface area contributed by atoms with Crippen LogP contribution in [0, 0.1) is 5.92 Å². The summed E-state index contributed by atoms with van der Waals surface area (Å²) < 4.78 is 0. The number of H-pyrrole nitrogens is 1. The molecule has 3 N–H and O–H groups in total. The molecule has 0 aliphatic carbocycles. The molecule has 0 aromatic carbocycles. The molecule has 2 aromatic rings. The third-order valence-corrected chi connectivity index (χ3v) is 5.55. The lowest BCUT2D eigenvalue weighted by Gasteiger charge is -2.26. The van der Waals surface area contributed by atoms with Crippen LogP contribution in [0.2, 0.25) is 0 Å². The quantitative estimate of drug-likeness (QED) is 0.755. The normalized spacial score (nSPS) is 21.6. The Balaban J connectivity index is 1.37. The third kappa shape index (κ3) is 3.70. The molecular weight excluding hydrogens is 314 g/mol. The van der Waals surface area contributed by atoms with E-state index in [-0.39, 0.29) is 5.91 Å². The molecule has 2 aliphatic heterocycles. The Bertz CT molecular complexity index is 751. The summed E-state index contributed by atoms with van der Waals surface area (Å²) in [5.41, 5.74) is 2.29. The van der Waals surface area contributed by atoms with Crippen LogP contribution in [-0.2, 0) is 4.79 Å². The number of fused-ring (bicyclic) bond motifs is 1. The van der Waals surface area contributed by atoms with Gasteiger partial charge < -0.3 is 15.6 Å². The van der Waals surface area contributed by atoms with Gasteiger partial charge in [0.1, 0.15) is 5.82 Å². The zero-order valence-electron chi connectivity index (χ0n) is 14.8. The molecule has 0 saturated carbocycles. The number of carbonyl (C=O) groups is 1. The van der Waals surface area contributed by atoms with Gasteiger partial charge in [-0.15, -0.1) is 0 Å². The molecule has 2 aromatic heterocycles. The molecule has 2 aliphatic rings. The number of rotatable bonds is 6. The van der Waals surface area contributed by atoms with Crippen molar-refractivity contribution in [2.45, 2.75) is 38.1 Å². The van der Waals surface area contributed by atoms with E-state index in [9.17, 15) is 4.79 Å². The van der Waals surface area contributed by atoms with Crippen LogP contribution in [0.4, 0.5) is 5.82 Å². The zero-order chi connectivity index (χ0) is 17.2. The second-order valence-electron chi connectivity index (χ2n) is 7.48. The van der Waals surface area contributed by atoms with Crippen LogP contribution >= 0.6 is 0 Å². The SMILES string of the molecule is CN1CCC[C@@H]1c1cc2cnc(NC(=O)CCCC3CNC3)cc2[nH]1. The van der Waals surface area contributed by atoms with Gasteiger partial charge in [-0.1, -0.05) is 0 Å². The van der Waals surface area contributed by atoms with Crippen molar-refractivity contribution in [1.29, 1.82) is 0 Å². The number of aromatic nitrogens is 2.